The van der Waals surface area contributed by atoms with E-state index in [1.807, 2.05) is 24.3 Å². The number of nitrogen functional groups attached to an aromatic ring is 1. The number of hydrogen-bond donors (Lipinski definition) is 1. The zero-order valence-corrected chi connectivity index (χ0v) is 11.9. The number of anilines is 2. The Morgan fingerprint density at radius 3 is 2.85 bits per heavy atom. The number of nitrogens with two attached hydrogens (primary N) is 1. The van der Waals surface area contributed by atoms with Gasteiger partial charge in [-0.1, -0.05) is 0 Å². The molecule has 0 unspecified atom stereocenters. The molecule has 1 aliphatic heterocycles. The van der Waals surface area contributed by atoms with Crippen molar-refractivity contribution in [1.82, 2.24) is 4.98 Å². The molecule has 6 heteroatoms. The van der Waals surface area contributed by atoms with E-state index in [0.717, 1.165) is 23.1 Å². The van der Waals surface area contributed by atoms with Crippen molar-refractivity contribution in [2.45, 2.75) is 6.42 Å². The van der Waals surface area contributed by atoms with Gasteiger partial charge in [0, 0.05) is 30.4 Å². The number of aromatic nitrogens is 1. The van der Waals surface area contributed by atoms with Gasteiger partial charge < -0.3 is 10.6 Å². The third-order valence-electron chi connectivity index (χ3n) is 3.67. The molecule has 2 aromatic rings. The van der Waals surface area contributed by atoms with Crippen molar-refractivity contribution >= 4 is 32.1 Å². The molecule has 0 spiro atoms. The summed E-state index contributed by atoms with van der Waals surface area (Å²) < 4.78 is 23.4. The highest BCUT2D eigenvalue weighted by molar-refractivity contribution is 7.91. The topological polar surface area (TPSA) is 76.3 Å². The fourth-order valence-electron chi connectivity index (χ4n) is 2.63. The third-order valence-corrected chi connectivity index (χ3v) is 5.39. The van der Waals surface area contributed by atoms with Crippen molar-refractivity contribution in [2.24, 2.45) is 0 Å². The largest absolute Gasteiger partial charge is 0.397 e. The first-order valence-electron chi connectivity index (χ1n) is 6.65. The fourth-order valence-corrected chi connectivity index (χ4v) is 3.91. The minimum Gasteiger partial charge on any atom is -0.397 e. The van der Waals surface area contributed by atoms with Crippen molar-refractivity contribution in [2.75, 3.05) is 35.2 Å². The maximum absolute atomic E-state index is 11.7. The summed E-state index contributed by atoms with van der Waals surface area (Å²) in [5, 5.41) is 0.979. The summed E-state index contributed by atoms with van der Waals surface area (Å²) in [6.07, 6.45) is 2.38. The van der Waals surface area contributed by atoms with E-state index in [9.17, 15) is 8.42 Å². The lowest BCUT2D eigenvalue weighted by Crippen LogP contribution is -2.27. The van der Waals surface area contributed by atoms with E-state index < -0.39 is 9.84 Å². The Bertz CT molecular complexity index is 743. The number of hydrogen-bond acceptors (Lipinski definition) is 5. The molecule has 1 aliphatic rings. The van der Waals surface area contributed by atoms with E-state index in [0.29, 0.717) is 18.7 Å². The highest BCUT2D eigenvalue weighted by Gasteiger charge is 2.20. The minimum absolute atomic E-state index is 0.207. The molecule has 0 aliphatic carbocycles. The van der Waals surface area contributed by atoms with Crippen LogP contribution < -0.4 is 10.6 Å². The highest BCUT2D eigenvalue weighted by atomic mass is 32.2. The van der Waals surface area contributed by atoms with Crippen molar-refractivity contribution in [1.29, 1.82) is 0 Å². The molecular weight excluding hydrogens is 274 g/mol. The van der Waals surface area contributed by atoms with E-state index in [-0.39, 0.29) is 11.5 Å². The summed E-state index contributed by atoms with van der Waals surface area (Å²) in [5.41, 5.74) is 8.39. The van der Waals surface area contributed by atoms with Gasteiger partial charge >= 0.3 is 0 Å². The Balaban J connectivity index is 2.04. The molecule has 5 nitrogen and oxygen atoms in total. The van der Waals surface area contributed by atoms with Gasteiger partial charge in [-0.05, 0) is 30.7 Å². The van der Waals surface area contributed by atoms with Crippen LogP contribution in [0.2, 0.25) is 0 Å². The fraction of sp³-hybridized carbons (Fsp3) is 0.357. The van der Waals surface area contributed by atoms with E-state index >= 15 is 0 Å². The van der Waals surface area contributed by atoms with Crippen LogP contribution in [-0.2, 0) is 9.84 Å². The predicted molar refractivity (Wildman–Crippen MR) is 81.6 cm³/mol. The van der Waals surface area contributed by atoms with Crippen molar-refractivity contribution in [3.05, 3.63) is 30.5 Å². The minimum atomic E-state index is -2.90. The highest BCUT2D eigenvalue weighted by Crippen LogP contribution is 2.30. The third kappa shape index (κ3) is 2.43. The lowest BCUT2D eigenvalue weighted by atomic mass is 10.1. The number of rotatable bonds is 1. The summed E-state index contributed by atoms with van der Waals surface area (Å²) in [5.74, 6) is 0.480. The van der Waals surface area contributed by atoms with Crippen LogP contribution in [0.5, 0.6) is 0 Å². The second-order valence-corrected chi connectivity index (χ2v) is 7.37. The van der Waals surface area contributed by atoms with Crippen LogP contribution in [0.15, 0.2) is 30.5 Å². The molecule has 1 aromatic heterocycles. The van der Waals surface area contributed by atoms with Crippen LogP contribution >= 0.6 is 0 Å². The van der Waals surface area contributed by atoms with Crippen LogP contribution in [0.1, 0.15) is 6.42 Å². The molecule has 0 bridgehead atoms. The summed E-state index contributed by atoms with van der Waals surface area (Å²) >= 11 is 0. The molecule has 106 valence electrons. The van der Waals surface area contributed by atoms with Crippen LogP contribution in [0.4, 0.5) is 11.4 Å². The number of fused-ring (bicyclic) bond motifs is 1. The lowest BCUT2D eigenvalue weighted by molar-refractivity contribution is 0.597. The summed E-state index contributed by atoms with van der Waals surface area (Å²) in [6, 6.07) is 7.65. The van der Waals surface area contributed by atoms with Gasteiger partial charge in [-0.3, -0.25) is 4.98 Å². The molecule has 0 saturated carbocycles. The van der Waals surface area contributed by atoms with Crippen LogP contribution in [-0.4, -0.2) is 38.0 Å². The first-order valence-corrected chi connectivity index (χ1v) is 8.47. The number of sulfone groups is 1. The molecule has 0 radical (unpaired) electrons. The molecule has 3 rings (SSSR count). The zero-order valence-electron chi connectivity index (χ0n) is 11.1. The maximum atomic E-state index is 11.7. The molecule has 2 N–H and O–H groups in total. The van der Waals surface area contributed by atoms with Crippen LogP contribution in [0, 0.1) is 0 Å². The second-order valence-electron chi connectivity index (χ2n) is 5.07. The second kappa shape index (κ2) is 4.94. The van der Waals surface area contributed by atoms with Gasteiger partial charge in [0.05, 0.1) is 22.7 Å². The molecule has 0 atom stereocenters. The molecule has 1 fully saturated rings. The van der Waals surface area contributed by atoms with E-state index in [1.165, 1.54) is 0 Å². The van der Waals surface area contributed by atoms with E-state index in [1.54, 1.807) is 6.20 Å². The van der Waals surface area contributed by atoms with E-state index in [4.69, 9.17) is 5.73 Å². The zero-order chi connectivity index (χ0) is 14.2. The van der Waals surface area contributed by atoms with Crippen molar-refractivity contribution in [3.63, 3.8) is 0 Å². The smallest absolute Gasteiger partial charge is 0.152 e. The maximum Gasteiger partial charge on any atom is 0.152 e. The van der Waals surface area contributed by atoms with Crippen LogP contribution in [0.3, 0.4) is 0 Å². The van der Waals surface area contributed by atoms with Gasteiger partial charge in [-0.25, -0.2) is 8.42 Å². The number of benzene rings is 1. The molecular formula is C14H17N3O2S. The van der Waals surface area contributed by atoms with E-state index in [2.05, 4.69) is 9.88 Å². The predicted octanol–water partition coefficient (Wildman–Crippen LogP) is 1.44. The monoisotopic (exact) mass is 291 g/mol. The number of nitrogens with zero attached hydrogens (tertiary/aromatic N) is 2. The van der Waals surface area contributed by atoms with Gasteiger partial charge in [-0.2, -0.15) is 0 Å². The van der Waals surface area contributed by atoms with Gasteiger partial charge in [0.15, 0.2) is 9.84 Å². The Kier molecular flexibility index (Phi) is 3.25. The molecule has 2 heterocycles. The molecule has 0 amide bonds. The summed E-state index contributed by atoms with van der Waals surface area (Å²) in [6.45, 7) is 1.27. The normalized spacial score (nSPS) is 18.9. The van der Waals surface area contributed by atoms with Gasteiger partial charge in [-0.15, -0.1) is 0 Å². The summed E-state index contributed by atoms with van der Waals surface area (Å²) in [4.78, 5) is 6.44. The van der Waals surface area contributed by atoms with Crippen molar-refractivity contribution in [3.8, 4) is 0 Å². The Labute approximate surface area is 118 Å². The Morgan fingerprint density at radius 1 is 1.15 bits per heavy atom. The average molecular weight is 291 g/mol. The van der Waals surface area contributed by atoms with Gasteiger partial charge in [0.1, 0.15) is 0 Å². The standard InChI is InChI=1S/C14H17N3O2S/c15-12-4-5-13(11-3-1-6-16-14(11)12)17-7-2-9-20(18,19)10-8-17/h1,3-6H,2,7-10,15H2. The SMILES string of the molecule is Nc1ccc(N2CCCS(=O)(=O)CC2)c2cccnc12. The molecule has 1 saturated heterocycles. The van der Waals surface area contributed by atoms with Crippen LogP contribution in [0.25, 0.3) is 10.9 Å². The lowest BCUT2D eigenvalue weighted by Gasteiger charge is -2.24. The first kappa shape index (κ1) is 13.2. The first-order chi connectivity index (χ1) is 9.57. The summed E-state index contributed by atoms with van der Waals surface area (Å²) in [7, 11) is -2.90. The Morgan fingerprint density at radius 2 is 2.00 bits per heavy atom. The number of pyridine rings is 1. The van der Waals surface area contributed by atoms with Gasteiger partial charge in [0.2, 0.25) is 0 Å². The average Bonchev–Trinajstić information content (AvgIpc) is 2.61. The molecule has 1 aromatic carbocycles. The van der Waals surface area contributed by atoms with Gasteiger partial charge in [0.25, 0.3) is 0 Å². The quantitative estimate of drug-likeness (QED) is 0.805. The molecule has 20 heavy (non-hydrogen) atoms. The van der Waals surface area contributed by atoms with Crippen molar-refractivity contribution < 1.29 is 8.42 Å². The Hall–Kier alpha value is -1.82.